The molecule has 66 valence electrons. The monoisotopic (exact) mass is 212 g/mol. The van der Waals surface area contributed by atoms with Crippen molar-refractivity contribution in [3.63, 3.8) is 0 Å². The van der Waals surface area contributed by atoms with Crippen LogP contribution in [0.25, 0.3) is 0 Å². The Bertz CT molecular complexity index is 103. The smallest absolute Gasteiger partial charge is 0.104 e. The first-order valence-electron chi connectivity index (χ1n) is 4.12. The lowest BCUT2D eigenvalue weighted by Gasteiger charge is -2.26. The van der Waals surface area contributed by atoms with Crippen LogP contribution in [0.15, 0.2) is 0 Å². The van der Waals surface area contributed by atoms with Gasteiger partial charge in [-0.15, -0.1) is 23.2 Å². The van der Waals surface area contributed by atoms with Gasteiger partial charge in [-0.05, 0) is 19.3 Å². The fourth-order valence-electron chi connectivity index (χ4n) is 1.38. The number of halogens is 2. The summed E-state index contributed by atoms with van der Waals surface area (Å²) in [5.41, 5.74) is 1.97. The van der Waals surface area contributed by atoms with E-state index >= 15 is 0 Å². The zero-order valence-electron chi connectivity index (χ0n) is 6.56. The molecular formula is C7H14Cl2OSi. The Balaban J connectivity index is 2.30. The second-order valence-electron chi connectivity index (χ2n) is 2.97. The van der Waals surface area contributed by atoms with Crippen molar-refractivity contribution in [2.24, 2.45) is 0 Å². The van der Waals surface area contributed by atoms with E-state index in [4.69, 9.17) is 27.9 Å². The summed E-state index contributed by atoms with van der Waals surface area (Å²) in [6, 6.07) is 0. The third kappa shape index (κ3) is 2.94. The Morgan fingerprint density at radius 2 is 2.00 bits per heavy atom. The maximum atomic E-state index is 5.80. The topological polar surface area (TPSA) is 9.23 Å². The average molecular weight is 213 g/mol. The molecule has 0 saturated carbocycles. The Kier molecular flexibility index (Phi) is 4.84. The van der Waals surface area contributed by atoms with E-state index in [0.717, 1.165) is 17.6 Å². The molecule has 0 N–H and O–H groups in total. The molecule has 1 fully saturated rings. The fraction of sp³-hybridized carbons (Fsp3) is 1.00. The highest BCUT2D eigenvalue weighted by Crippen LogP contribution is 2.16. The predicted molar refractivity (Wildman–Crippen MR) is 52.2 cm³/mol. The second-order valence-corrected chi connectivity index (χ2v) is 7.71. The summed E-state index contributed by atoms with van der Waals surface area (Å²) in [7, 11) is -0.965. The first-order chi connectivity index (χ1) is 5.38. The molecule has 0 spiro atoms. The van der Waals surface area contributed by atoms with Gasteiger partial charge < -0.3 is 4.74 Å². The molecule has 1 unspecified atom stereocenters. The molecule has 0 amide bonds. The van der Waals surface area contributed by atoms with E-state index in [2.05, 4.69) is 0 Å². The van der Waals surface area contributed by atoms with Gasteiger partial charge in [-0.1, -0.05) is 0 Å². The van der Waals surface area contributed by atoms with E-state index in [-0.39, 0.29) is 0 Å². The minimum Gasteiger partial charge on any atom is -0.382 e. The summed E-state index contributed by atoms with van der Waals surface area (Å²) in [5, 5.41) is 0. The fourth-order valence-corrected chi connectivity index (χ4v) is 5.15. The summed E-state index contributed by atoms with van der Waals surface area (Å²) in [6.45, 7) is 0.919. The minimum atomic E-state index is -0.965. The molecule has 1 atom stereocenters. The zero-order valence-corrected chi connectivity index (χ0v) is 9.23. The van der Waals surface area contributed by atoms with Crippen molar-refractivity contribution < 1.29 is 4.74 Å². The molecule has 0 bridgehead atoms. The van der Waals surface area contributed by atoms with Crippen LogP contribution in [0.5, 0.6) is 0 Å². The molecule has 0 radical (unpaired) electrons. The highest BCUT2D eigenvalue weighted by molar-refractivity contribution is 6.74. The van der Waals surface area contributed by atoms with Crippen LogP contribution in [0.3, 0.4) is 0 Å². The largest absolute Gasteiger partial charge is 0.382 e. The number of alkyl halides is 2. The lowest BCUT2D eigenvalue weighted by molar-refractivity contribution is 0.0629. The lowest BCUT2D eigenvalue weighted by atomic mass is 10.2. The van der Waals surface area contributed by atoms with Crippen LogP contribution in [0, 0.1) is 0 Å². The molecule has 1 rings (SSSR count). The van der Waals surface area contributed by atoms with Crippen molar-refractivity contribution in [2.75, 3.05) is 17.6 Å². The molecule has 0 aliphatic carbocycles. The number of rotatable bonds is 3. The highest BCUT2D eigenvalue weighted by Gasteiger charge is 2.24. The Hall–Kier alpha value is 0.757. The standard InChI is InChI=1S/C7H14Cl2OSi/c8-5-11(6-9)7-3-1-2-4-10-7/h7,11H,1-6H2. The third-order valence-electron chi connectivity index (χ3n) is 2.14. The predicted octanol–water partition coefficient (Wildman–Crippen LogP) is 1.88. The maximum absolute atomic E-state index is 5.80. The van der Waals surface area contributed by atoms with Crippen molar-refractivity contribution in [2.45, 2.75) is 25.0 Å². The van der Waals surface area contributed by atoms with Gasteiger partial charge in [0, 0.05) is 23.3 Å². The van der Waals surface area contributed by atoms with E-state index in [1.54, 1.807) is 0 Å². The van der Waals surface area contributed by atoms with Gasteiger partial charge in [-0.3, -0.25) is 0 Å². The summed E-state index contributed by atoms with van der Waals surface area (Å²) in [6.07, 6.45) is 3.69. The van der Waals surface area contributed by atoms with Gasteiger partial charge in [0.1, 0.15) is 8.80 Å². The molecule has 0 aromatic rings. The van der Waals surface area contributed by atoms with Gasteiger partial charge in [0.25, 0.3) is 0 Å². The molecular weight excluding hydrogens is 199 g/mol. The van der Waals surface area contributed by atoms with Crippen molar-refractivity contribution in [3.05, 3.63) is 0 Å². The van der Waals surface area contributed by atoms with Crippen molar-refractivity contribution in [1.29, 1.82) is 0 Å². The number of ether oxygens (including phenoxy) is 1. The summed E-state index contributed by atoms with van der Waals surface area (Å²) >= 11 is 11.6. The van der Waals surface area contributed by atoms with Crippen molar-refractivity contribution >= 4 is 32.0 Å². The minimum absolute atomic E-state index is 0.457. The molecule has 1 saturated heterocycles. The maximum Gasteiger partial charge on any atom is 0.104 e. The van der Waals surface area contributed by atoms with E-state index in [0.29, 0.717) is 5.73 Å². The second kappa shape index (κ2) is 5.41. The molecule has 11 heavy (non-hydrogen) atoms. The third-order valence-corrected chi connectivity index (χ3v) is 6.89. The Morgan fingerprint density at radius 3 is 2.45 bits per heavy atom. The number of hydrogen-bond donors (Lipinski definition) is 0. The van der Waals surface area contributed by atoms with Crippen molar-refractivity contribution in [3.8, 4) is 0 Å². The molecule has 4 heteroatoms. The van der Waals surface area contributed by atoms with E-state index in [1.165, 1.54) is 19.3 Å². The Morgan fingerprint density at radius 1 is 1.27 bits per heavy atom. The molecule has 0 aromatic carbocycles. The van der Waals surface area contributed by atoms with Gasteiger partial charge in [-0.25, -0.2) is 0 Å². The average Bonchev–Trinajstić information content (AvgIpc) is 2.09. The summed E-state index contributed by atoms with van der Waals surface area (Å²) in [4.78, 5) is 0. The van der Waals surface area contributed by atoms with Crippen LogP contribution in [0.2, 0.25) is 0 Å². The number of hydrogen-bond acceptors (Lipinski definition) is 1. The molecule has 1 aliphatic heterocycles. The molecule has 1 aliphatic rings. The van der Waals surface area contributed by atoms with Crippen LogP contribution in [0.1, 0.15) is 19.3 Å². The SMILES string of the molecule is ClC[SiH](CCl)C1CCCCO1. The van der Waals surface area contributed by atoms with Crippen LogP contribution >= 0.6 is 23.2 Å². The van der Waals surface area contributed by atoms with Crippen molar-refractivity contribution in [1.82, 2.24) is 0 Å². The first-order valence-corrected chi connectivity index (χ1v) is 7.49. The van der Waals surface area contributed by atoms with Gasteiger partial charge in [0.15, 0.2) is 0 Å². The highest BCUT2D eigenvalue weighted by atomic mass is 35.5. The molecule has 1 heterocycles. The van der Waals surface area contributed by atoms with Gasteiger partial charge in [0.05, 0.1) is 0 Å². The van der Waals surface area contributed by atoms with Crippen LogP contribution in [-0.4, -0.2) is 32.1 Å². The van der Waals surface area contributed by atoms with Crippen LogP contribution in [-0.2, 0) is 4.74 Å². The first kappa shape index (κ1) is 9.84. The van der Waals surface area contributed by atoms with Gasteiger partial charge in [-0.2, -0.15) is 0 Å². The molecule has 1 nitrogen and oxygen atoms in total. The quantitative estimate of drug-likeness (QED) is 0.513. The van der Waals surface area contributed by atoms with Gasteiger partial charge in [0.2, 0.25) is 0 Å². The van der Waals surface area contributed by atoms with Gasteiger partial charge >= 0.3 is 0 Å². The Labute approximate surface area is 79.6 Å². The lowest BCUT2D eigenvalue weighted by Crippen LogP contribution is -2.39. The summed E-state index contributed by atoms with van der Waals surface area (Å²) < 4.78 is 5.61. The van der Waals surface area contributed by atoms with E-state index in [9.17, 15) is 0 Å². The summed E-state index contributed by atoms with van der Waals surface area (Å²) in [5.74, 6) is 0. The van der Waals surface area contributed by atoms with Crippen LogP contribution in [0.4, 0.5) is 0 Å². The van der Waals surface area contributed by atoms with Crippen LogP contribution < -0.4 is 0 Å². The molecule has 0 aromatic heterocycles. The van der Waals surface area contributed by atoms with E-state index in [1.807, 2.05) is 0 Å². The normalized spacial score (nSPS) is 25.9. The zero-order chi connectivity index (χ0) is 8.10. The van der Waals surface area contributed by atoms with E-state index < -0.39 is 8.80 Å².